The van der Waals surface area contributed by atoms with Crippen molar-refractivity contribution < 1.29 is 18.5 Å². The molecule has 1 fully saturated rings. The second-order valence-electron chi connectivity index (χ2n) is 7.61. The summed E-state index contributed by atoms with van der Waals surface area (Å²) in [4.78, 5) is 12.3. The summed E-state index contributed by atoms with van der Waals surface area (Å²) in [5, 5.41) is 7.03. The van der Waals surface area contributed by atoms with Crippen LogP contribution in [0, 0.1) is 5.92 Å². The first-order valence-electron chi connectivity index (χ1n) is 8.86. The van der Waals surface area contributed by atoms with Crippen LogP contribution < -0.4 is 10.6 Å². The van der Waals surface area contributed by atoms with E-state index in [2.05, 4.69) is 31.4 Å². The number of hydrogen-bond acceptors (Lipinski definition) is 4. The molecule has 25 heavy (non-hydrogen) atoms. The van der Waals surface area contributed by atoms with Gasteiger partial charge in [0.15, 0.2) is 0 Å². The summed E-state index contributed by atoms with van der Waals surface area (Å²) < 4.78 is 26.8. The number of amides is 1. The number of nitrogens with two attached hydrogens (primary N) is 1. The van der Waals surface area contributed by atoms with Gasteiger partial charge in [-0.3, -0.25) is 4.79 Å². The zero-order valence-electron chi connectivity index (χ0n) is 15.3. The summed E-state index contributed by atoms with van der Waals surface area (Å²) in [6.45, 7) is 9.00. The number of sulfonamides is 1. The molecule has 1 amide bonds. The maximum Gasteiger partial charge on any atom is 0.252 e. The lowest BCUT2D eigenvalue weighted by Crippen LogP contribution is -2.94. The Labute approximate surface area is 155 Å². The number of hydrogen-bond donors (Lipinski definition) is 2. The topological polar surface area (TPSA) is 83.1 Å². The van der Waals surface area contributed by atoms with Crippen molar-refractivity contribution in [1.82, 2.24) is 9.62 Å². The first-order chi connectivity index (χ1) is 11.7. The highest BCUT2D eigenvalue weighted by molar-refractivity contribution is 7.91. The average molecular weight is 389 g/mol. The molecule has 0 aliphatic carbocycles. The predicted molar refractivity (Wildman–Crippen MR) is 100.0 cm³/mol. The number of thiophene rings is 1. The number of carbonyl (C=O) groups is 1. The SMILES string of the molecule is CC(C)(C)[NH2+]CCCNC(=O)C1CCN(S(=O)(=O)c2cccs2)CC1. The van der Waals surface area contributed by atoms with Crippen molar-refractivity contribution in [2.24, 2.45) is 5.92 Å². The Morgan fingerprint density at radius 3 is 2.60 bits per heavy atom. The molecule has 2 heterocycles. The fourth-order valence-electron chi connectivity index (χ4n) is 2.89. The Balaban J connectivity index is 1.72. The number of nitrogens with zero attached hydrogens (tertiary/aromatic N) is 1. The zero-order valence-corrected chi connectivity index (χ0v) is 17.0. The van der Waals surface area contributed by atoms with Crippen LogP contribution in [0.3, 0.4) is 0 Å². The summed E-state index contributed by atoms with van der Waals surface area (Å²) >= 11 is 1.24. The van der Waals surface area contributed by atoms with E-state index in [0.717, 1.165) is 13.0 Å². The van der Waals surface area contributed by atoms with E-state index in [0.29, 0.717) is 36.7 Å². The van der Waals surface area contributed by atoms with Gasteiger partial charge in [0.1, 0.15) is 4.21 Å². The number of rotatable bonds is 7. The van der Waals surface area contributed by atoms with Crippen LogP contribution in [0.1, 0.15) is 40.0 Å². The number of quaternary nitrogens is 1. The van der Waals surface area contributed by atoms with E-state index in [4.69, 9.17) is 0 Å². The molecule has 0 atom stereocenters. The highest BCUT2D eigenvalue weighted by atomic mass is 32.2. The largest absolute Gasteiger partial charge is 0.356 e. The fraction of sp³-hybridized carbons (Fsp3) is 0.706. The molecule has 0 radical (unpaired) electrons. The fourth-order valence-corrected chi connectivity index (χ4v) is 5.50. The van der Waals surface area contributed by atoms with Gasteiger partial charge in [0, 0.05) is 32.0 Å². The molecule has 1 aromatic heterocycles. The molecule has 8 heteroatoms. The van der Waals surface area contributed by atoms with E-state index >= 15 is 0 Å². The van der Waals surface area contributed by atoms with Crippen molar-refractivity contribution in [3.05, 3.63) is 17.5 Å². The highest BCUT2D eigenvalue weighted by Gasteiger charge is 2.32. The summed E-state index contributed by atoms with van der Waals surface area (Å²) in [5.41, 5.74) is 0.213. The Morgan fingerprint density at radius 1 is 1.36 bits per heavy atom. The minimum Gasteiger partial charge on any atom is -0.356 e. The third kappa shape index (κ3) is 6.06. The van der Waals surface area contributed by atoms with E-state index in [-0.39, 0.29) is 17.4 Å². The minimum absolute atomic E-state index is 0.0592. The molecule has 1 aliphatic heterocycles. The van der Waals surface area contributed by atoms with Gasteiger partial charge in [-0.2, -0.15) is 4.31 Å². The molecule has 1 aliphatic rings. The molecule has 0 saturated carbocycles. The lowest BCUT2D eigenvalue weighted by atomic mass is 9.97. The summed E-state index contributed by atoms with van der Waals surface area (Å²) in [7, 11) is -3.39. The van der Waals surface area contributed by atoms with Crippen molar-refractivity contribution in [3.8, 4) is 0 Å². The van der Waals surface area contributed by atoms with Gasteiger partial charge in [0.05, 0.1) is 12.1 Å². The molecule has 0 bridgehead atoms. The molecule has 3 N–H and O–H groups in total. The highest BCUT2D eigenvalue weighted by Crippen LogP contribution is 2.26. The monoisotopic (exact) mass is 388 g/mol. The smallest absolute Gasteiger partial charge is 0.252 e. The van der Waals surface area contributed by atoms with Crippen molar-refractivity contribution in [1.29, 1.82) is 0 Å². The Hall–Kier alpha value is -0.960. The standard InChI is InChI=1S/C17H29N3O3S2/c1-17(2,3)19-10-5-9-18-16(21)14-7-11-20(12-8-14)25(22,23)15-6-4-13-24-15/h4,6,13-14,19H,5,7-12H2,1-3H3,(H,18,21)/p+1. The van der Waals surface area contributed by atoms with Crippen molar-refractivity contribution in [2.75, 3.05) is 26.2 Å². The molecule has 1 saturated heterocycles. The second-order valence-corrected chi connectivity index (χ2v) is 10.7. The Bertz CT molecular complexity index is 643. The van der Waals surface area contributed by atoms with Gasteiger partial charge in [0.2, 0.25) is 5.91 Å². The van der Waals surface area contributed by atoms with E-state index in [1.807, 2.05) is 0 Å². The van der Waals surface area contributed by atoms with E-state index in [1.165, 1.54) is 15.6 Å². The second kappa shape index (κ2) is 8.62. The van der Waals surface area contributed by atoms with Gasteiger partial charge < -0.3 is 10.6 Å². The molecule has 142 valence electrons. The lowest BCUT2D eigenvalue weighted by molar-refractivity contribution is -0.717. The van der Waals surface area contributed by atoms with Gasteiger partial charge in [-0.05, 0) is 45.1 Å². The van der Waals surface area contributed by atoms with Crippen LogP contribution in [0.2, 0.25) is 0 Å². The third-order valence-electron chi connectivity index (χ3n) is 4.35. The molecular weight excluding hydrogens is 358 g/mol. The van der Waals surface area contributed by atoms with E-state index in [1.54, 1.807) is 17.5 Å². The van der Waals surface area contributed by atoms with Gasteiger partial charge in [-0.15, -0.1) is 11.3 Å². The maximum atomic E-state index is 12.5. The van der Waals surface area contributed by atoms with Gasteiger partial charge in [0.25, 0.3) is 10.0 Å². The average Bonchev–Trinajstić information content (AvgIpc) is 3.08. The quantitative estimate of drug-likeness (QED) is 0.684. The number of piperidine rings is 1. The first-order valence-corrected chi connectivity index (χ1v) is 11.2. The molecule has 0 unspecified atom stereocenters. The minimum atomic E-state index is -3.39. The van der Waals surface area contributed by atoms with Crippen LogP contribution in [0.25, 0.3) is 0 Å². The van der Waals surface area contributed by atoms with Crippen molar-refractivity contribution >= 4 is 27.3 Å². The van der Waals surface area contributed by atoms with Crippen LogP contribution in [0.5, 0.6) is 0 Å². The summed E-state index contributed by atoms with van der Waals surface area (Å²) in [6.07, 6.45) is 2.11. The van der Waals surface area contributed by atoms with E-state index in [9.17, 15) is 13.2 Å². The molecule has 0 aromatic carbocycles. The van der Waals surface area contributed by atoms with Crippen LogP contribution in [0.15, 0.2) is 21.7 Å². The van der Waals surface area contributed by atoms with Crippen LogP contribution in [0.4, 0.5) is 0 Å². The van der Waals surface area contributed by atoms with E-state index < -0.39 is 10.0 Å². The Morgan fingerprint density at radius 2 is 2.04 bits per heavy atom. The summed E-state index contributed by atoms with van der Waals surface area (Å²) in [6, 6.07) is 3.38. The molecule has 2 rings (SSSR count). The normalized spacial score (nSPS) is 17.6. The Kier molecular flexibility index (Phi) is 7.01. The number of nitrogens with one attached hydrogen (secondary N) is 1. The molecule has 6 nitrogen and oxygen atoms in total. The van der Waals surface area contributed by atoms with Gasteiger partial charge in [-0.25, -0.2) is 8.42 Å². The number of carbonyl (C=O) groups excluding carboxylic acids is 1. The molecule has 0 spiro atoms. The zero-order chi connectivity index (χ0) is 18.5. The van der Waals surface area contributed by atoms with Gasteiger partial charge in [-0.1, -0.05) is 6.07 Å². The van der Waals surface area contributed by atoms with Crippen molar-refractivity contribution in [2.45, 2.75) is 49.8 Å². The van der Waals surface area contributed by atoms with Crippen LogP contribution in [-0.4, -0.2) is 50.3 Å². The van der Waals surface area contributed by atoms with Crippen molar-refractivity contribution in [3.63, 3.8) is 0 Å². The maximum absolute atomic E-state index is 12.5. The first kappa shape index (κ1) is 20.4. The van der Waals surface area contributed by atoms with Crippen LogP contribution >= 0.6 is 11.3 Å². The summed E-state index contributed by atoms with van der Waals surface area (Å²) in [5.74, 6) is -0.0229. The van der Waals surface area contributed by atoms with Gasteiger partial charge >= 0.3 is 0 Å². The molecule has 1 aromatic rings. The lowest BCUT2D eigenvalue weighted by Gasteiger charge is -2.30. The third-order valence-corrected chi connectivity index (χ3v) is 7.62. The molecular formula is C17H30N3O3S2+. The predicted octanol–water partition coefficient (Wildman–Crippen LogP) is 1.02. The van der Waals surface area contributed by atoms with Crippen LogP contribution in [-0.2, 0) is 14.8 Å².